The minimum atomic E-state index is -0.316. The third-order valence-corrected chi connectivity index (χ3v) is 2.83. The molecule has 2 rings (SSSR count). The molecule has 0 bridgehead atoms. The topological polar surface area (TPSA) is 63.8 Å². The van der Waals surface area contributed by atoms with Gasteiger partial charge in [0.15, 0.2) is 0 Å². The fourth-order valence-corrected chi connectivity index (χ4v) is 1.89. The van der Waals surface area contributed by atoms with E-state index in [0.29, 0.717) is 5.56 Å². The minimum absolute atomic E-state index is 0.145. The predicted molar refractivity (Wildman–Crippen MR) is 69.1 cm³/mol. The molecule has 0 saturated heterocycles. The molecule has 4 nitrogen and oxygen atoms in total. The Bertz CT molecular complexity index is 613. The zero-order valence-electron chi connectivity index (χ0n) is 10.4. The molecule has 0 aliphatic rings. The van der Waals surface area contributed by atoms with E-state index >= 15 is 0 Å². The van der Waals surface area contributed by atoms with Crippen LogP contribution in [0.1, 0.15) is 31.0 Å². The summed E-state index contributed by atoms with van der Waals surface area (Å²) in [6.07, 6.45) is 0. The fourth-order valence-electron chi connectivity index (χ4n) is 1.89. The molecule has 0 atom stereocenters. The van der Waals surface area contributed by atoms with Crippen LogP contribution in [0, 0.1) is 5.82 Å². The predicted octanol–water partition coefficient (Wildman–Crippen LogP) is 2.07. The number of halogens is 1. The van der Waals surface area contributed by atoms with Crippen molar-refractivity contribution < 1.29 is 4.39 Å². The van der Waals surface area contributed by atoms with Crippen LogP contribution >= 0.6 is 0 Å². The Morgan fingerprint density at radius 2 is 2.17 bits per heavy atom. The Morgan fingerprint density at radius 1 is 1.44 bits per heavy atom. The summed E-state index contributed by atoms with van der Waals surface area (Å²) in [4.78, 5) is 11.9. The minimum Gasteiger partial charge on any atom is -0.393 e. The van der Waals surface area contributed by atoms with Gasteiger partial charge in [-0.25, -0.2) is 9.07 Å². The van der Waals surface area contributed by atoms with Crippen LogP contribution in [0.4, 0.5) is 10.1 Å². The van der Waals surface area contributed by atoms with Crippen molar-refractivity contribution in [3.63, 3.8) is 0 Å². The monoisotopic (exact) mass is 249 g/mol. The van der Waals surface area contributed by atoms with Crippen molar-refractivity contribution in [1.29, 1.82) is 0 Å². The largest absolute Gasteiger partial charge is 0.393 e. The Labute approximate surface area is 104 Å². The first-order valence-electron chi connectivity index (χ1n) is 5.81. The van der Waals surface area contributed by atoms with Crippen molar-refractivity contribution in [3.8, 4) is 0 Å². The number of rotatable bonds is 3. The van der Waals surface area contributed by atoms with Gasteiger partial charge in [0.05, 0.1) is 12.2 Å². The number of nitrogen functional groups attached to an aromatic ring is 1. The first kappa shape index (κ1) is 12.4. The van der Waals surface area contributed by atoms with Gasteiger partial charge in [-0.1, -0.05) is 26.0 Å². The van der Waals surface area contributed by atoms with Crippen LogP contribution in [0.5, 0.6) is 0 Å². The summed E-state index contributed by atoms with van der Waals surface area (Å²) in [5, 5.41) is 2.97. The first-order chi connectivity index (χ1) is 8.49. The van der Waals surface area contributed by atoms with Crippen molar-refractivity contribution in [2.75, 3.05) is 5.73 Å². The van der Waals surface area contributed by atoms with Gasteiger partial charge in [-0.3, -0.25) is 9.89 Å². The number of nitrogens with two attached hydrogens (primary N) is 1. The highest BCUT2D eigenvalue weighted by Crippen LogP contribution is 2.16. The molecule has 5 heteroatoms. The van der Waals surface area contributed by atoms with E-state index in [1.807, 2.05) is 13.8 Å². The van der Waals surface area contributed by atoms with Crippen LogP contribution in [0.25, 0.3) is 0 Å². The molecule has 0 aliphatic carbocycles. The van der Waals surface area contributed by atoms with Gasteiger partial charge in [-0.05, 0) is 23.6 Å². The molecule has 0 spiro atoms. The lowest BCUT2D eigenvalue weighted by atomic mass is 10.1. The van der Waals surface area contributed by atoms with Crippen molar-refractivity contribution in [2.45, 2.75) is 26.3 Å². The Balaban J connectivity index is 2.36. The van der Waals surface area contributed by atoms with E-state index in [9.17, 15) is 9.18 Å². The highest BCUT2D eigenvalue weighted by Gasteiger charge is 2.13. The van der Waals surface area contributed by atoms with Crippen molar-refractivity contribution in [1.82, 2.24) is 9.78 Å². The quantitative estimate of drug-likeness (QED) is 0.874. The molecule has 0 amide bonds. The number of H-pyrrole nitrogens is 1. The SMILES string of the molecule is CC(C)c1[nH]n(Cc2cccc(F)c2)c(=O)c1N. The third-order valence-electron chi connectivity index (χ3n) is 2.83. The average molecular weight is 249 g/mol. The number of hydrogen-bond acceptors (Lipinski definition) is 2. The molecule has 0 aliphatic heterocycles. The van der Waals surface area contributed by atoms with Gasteiger partial charge < -0.3 is 5.73 Å². The lowest BCUT2D eigenvalue weighted by molar-refractivity contribution is 0.612. The summed E-state index contributed by atoms with van der Waals surface area (Å²) in [5.74, 6) is -0.171. The van der Waals surface area contributed by atoms with E-state index in [2.05, 4.69) is 5.10 Å². The molecule has 0 unspecified atom stereocenters. The van der Waals surface area contributed by atoms with Crippen LogP contribution in [0.2, 0.25) is 0 Å². The van der Waals surface area contributed by atoms with E-state index in [-0.39, 0.29) is 29.5 Å². The van der Waals surface area contributed by atoms with Gasteiger partial charge in [0.25, 0.3) is 5.56 Å². The highest BCUT2D eigenvalue weighted by molar-refractivity contribution is 5.42. The maximum absolute atomic E-state index is 13.1. The van der Waals surface area contributed by atoms with Crippen molar-refractivity contribution >= 4 is 5.69 Å². The zero-order chi connectivity index (χ0) is 13.3. The summed E-state index contributed by atoms with van der Waals surface area (Å²) in [6, 6.07) is 6.15. The Kier molecular flexibility index (Phi) is 3.23. The lowest BCUT2D eigenvalue weighted by Gasteiger charge is -2.04. The second-order valence-electron chi connectivity index (χ2n) is 4.62. The summed E-state index contributed by atoms with van der Waals surface area (Å²) in [5.41, 5.74) is 7.16. The van der Waals surface area contributed by atoms with E-state index < -0.39 is 0 Å². The van der Waals surface area contributed by atoms with E-state index in [4.69, 9.17) is 5.73 Å². The van der Waals surface area contributed by atoms with Gasteiger partial charge in [0, 0.05) is 0 Å². The molecule has 2 aromatic rings. The molecular weight excluding hydrogens is 233 g/mol. The molecule has 3 N–H and O–H groups in total. The molecule has 18 heavy (non-hydrogen) atoms. The van der Waals surface area contributed by atoms with Gasteiger partial charge in [0.1, 0.15) is 11.5 Å². The van der Waals surface area contributed by atoms with Crippen molar-refractivity contribution in [3.05, 3.63) is 51.7 Å². The molecule has 1 heterocycles. The number of aromatic amines is 1. The van der Waals surface area contributed by atoms with Crippen LogP contribution in [-0.2, 0) is 6.54 Å². The second-order valence-corrected chi connectivity index (χ2v) is 4.62. The molecule has 1 aromatic heterocycles. The van der Waals surface area contributed by atoms with E-state index in [0.717, 1.165) is 5.69 Å². The Morgan fingerprint density at radius 3 is 2.72 bits per heavy atom. The average Bonchev–Trinajstić information content (AvgIpc) is 2.58. The molecule has 0 saturated carbocycles. The maximum Gasteiger partial charge on any atom is 0.290 e. The number of nitrogens with one attached hydrogen (secondary N) is 1. The fraction of sp³-hybridized carbons (Fsp3) is 0.308. The van der Waals surface area contributed by atoms with Gasteiger partial charge in [-0.2, -0.15) is 0 Å². The molecule has 1 aromatic carbocycles. The molecular formula is C13H16FN3O. The standard InChI is InChI=1S/C13H16FN3O/c1-8(2)12-11(15)13(18)17(16-12)7-9-4-3-5-10(14)6-9/h3-6,8,16H,7,15H2,1-2H3. The lowest BCUT2D eigenvalue weighted by Crippen LogP contribution is -2.19. The number of aromatic nitrogens is 2. The maximum atomic E-state index is 13.1. The van der Waals surface area contributed by atoms with Crippen LogP contribution < -0.4 is 11.3 Å². The number of nitrogens with zero attached hydrogens (tertiary/aromatic N) is 1. The number of hydrogen-bond donors (Lipinski definition) is 2. The summed E-state index contributed by atoms with van der Waals surface area (Å²) < 4.78 is 14.5. The smallest absolute Gasteiger partial charge is 0.290 e. The third kappa shape index (κ3) is 2.30. The van der Waals surface area contributed by atoms with Crippen LogP contribution in [0.15, 0.2) is 29.1 Å². The Hall–Kier alpha value is -2.04. The second kappa shape index (κ2) is 4.68. The van der Waals surface area contributed by atoms with Gasteiger partial charge >= 0.3 is 0 Å². The zero-order valence-corrected chi connectivity index (χ0v) is 10.4. The van der Waals surface area contributed by atoms with Crippen LogP contribution in [-0.4, -0.2) is 9.78 Å². The highest BCUT2D eigenvalue weighted by atomic mass is 19.1. The summed E-state index contributed by atoms with van der Waals surface area (Å²) in [6.45, 7) is 4.19. The number of anilines is 1. The van der Waals surface area contributed by atoms with E-state index in [1.54, 1.807) is 12.1 Å². The van der Waals surface area contributed by atoms with E-state index in [1.165, 1.54) is 16.8 Å². The number of benzene rings is 1. The molecule has 0 radical (unpaired) electrons. The summed E-state index contributed by atoms with van der Waals surface area (Å²) in [7, 11) is 0. The van der Waals surface area contributed by atoms with Crippen LogP contribution in [0.3, 0.4) is 0 Å². The molecule has 0 fully saturated rings. The van der Waals surface area contributed by atoms with Crippen molar-refractivity contribution in [2.24, 2.45) is 0 Å². The normalized spacial score (nSPS) is 11.1. The first-order valence-corrected chi connectivity index (χ1v) is 5.81. The van der Waals surface area contributed by atoms with Gasteiger partial charge in [0.2, 0.25) is 0 Å². The van der Waals surface area contributed by atoms with Gasteiger partial charge in [-0.15, -0.1) is 0 Å². The molecule has 96 valence electrons. The summed E-state index contributed by atoms with van der Waals surface area (Å²) >= 11 is 0.